The summed E-state index contributed by atoms with van der Waals surface area (Å²) in [7, 11) is 1.44. The zero-order valence-electron chi connectivity index (χ0n) is 17.7. The molecule has 30 heavy (non-hydrogen) atoms. The van der Waals surface area contributed by atoms with Gasteiger partial charge in [0, 0.05) is 12.5 Å². The van der Waals surface area contributed by atoms with Gasteiger partial charge in [-0.2, -0.15) is 0 Å². The molecule has 0 unspecified atom stereocenters. The summed E-state index contributed by atoms with van der Waals surface area (Å²) >= 11 is 0. The molecule has 0 atom stereocenters. The topological polar surface area (TPSA) is 87.9 Å². The van der Waals surface area contributed by atoms with Crippen LogP contribution >= 0.6 is 0 Å². The maximum absolute atomic E-state index is 12.1. The van der Waals surface area contributed by atoms with E-state index in [4.69, 9.17) is 14.2 Å². The normalized spacial score (nSPS) is 11.3. The number of hydrogen-bond donors (Lipinski definition) is 0. The fraction of sp³-hybridized carbons (Fsp3) is 0.348. The van der Waals surface area contributed by atoms with Crippen LogP contribution in [0.3, 0.4) is 0 Å². The van der Waals surface area contributed by atoms with E-state index in [0.717, 1.165) is 11.9 Å². The lowest BCUT2D eigenvalue weighted by Gasteiger charge is -2.19. The van der Waals surface area contributed by atoms with Crippen molar-refractivity contribution in [3.8, 4) is 17.2 Å². The Labute approximate surface area is 176 Å². The first-order chi connectivity index (χ1) is 14.2. The minimum atomic E-state index is -0.554. The standard InChI is InChI=1S/C23H27NO6/c1-23(2,3)18-8-10-19(11-9-18)29-15-5-6-22(25)30-20-12-7-17(13-14-24(26)27)16-21(20)28-4/h7-14,16H,5-6,15H2,1-4H3/b14-13+. The molecule has 2 aromatic carbocycles. The van der Waals surface area contributed by atoms with Crippen molar-refractivity contribution < 1.29 is 23.9 Å². The van der Waals surface area contributed by atoms with Crippen LogP contribution in [0.25, 0.3) is 6.08 Å². The molecule has 0 aromatic heterocycles. The van der Waals surface area contributed by atoms with E-state index < -0.39 is 10.9 Å². The number of nitro groups is 1. The molecule has 0 heterocycles. The molecule has 0 saturated carbocycles. The summed E-state index contributed by atoms with van der Waals surface area (Å²) in [6.45, 7) is 6.85. The third-order valence-electron chi connectivity index (χ3n) is 4.31. The highest BCUT2D eigenvalue weighted by atomic mass is 16.6. The molecule has 0 bridgehead atoms. The predicted molar refractivity (Wildman–Crippen MR) is 115 cm³/mol. The number of nitrogens with zero attached hydrogens (tertiary/aromatic N) is 1. The summed E-state index contributed by atoms with van der Waals surface area (Å²) < 4.78 is 16.2. The van der Waals surface area contributed by atoms with Crippen LogP contribution < -0.4 is 14.2 Å². The van der Waals surface area contributed by atoms with Crippen LogP contribution in [0.5, 0.6) is 17.2 Å². The first kappa shape index (κ1) is 22.9. The van der Waals surface area contributed by atoms with E-state index in [2.05, 4.69) is 20.8 Å². The van der Waals surface area contributed by atoms with E-state index >= 15 is 0 Å². The lowest BCUT2D eigenvalue weighted by atomic mass is 9.87. The molecule has 0 aliphatic heterocycles. The van der Waals surface area contributed by atoms with Crippen LogP contribution in [0.1, 0.15) is 44.7 Å². The van der Waals surface area contributed by atoms with Gasteiger partial charge in [0.05, 0.1) is 18.6 Å². The molecule has 2 rings (SSSR count). The highest BCUT2D eigenvalue weighted by molar-refractivity contribution is 5.73. The summed E-state index contributed by atoms with van der Waals surface area (Å²) in [6, 6.07) is 12.7. The number of rotatable bonds is 9. The Morgan fingerprint density at radius 2 is 1.80 bits per heavy atom. The molecule has 0 radical (unpaired) electrons. The summed E-state index contributed by atoms with van der Waals surface area (Å²) in [4.78, 5) is 22.0. The number of carbonyl (C=O) groups excluding carboxylic acids is 1. The fourth-order valence-corrected chi connectivity index (χ4v) is 2.65. The molecule has 7 heteroatoms. The van der Waals surface area contributed by atoms with Crippen LogP contribution in [0.15, 0.2) is 48.7 Å². The van der Waals surface area contributed by atoms with Crippen molar-refractivity contribution in [2.75, 3.05) is 13.7 Å². The molecule has 160 valence electrons. The van der Waals surface area contributed by atoms with E-state index in [9.17, 15) is 14.9 Å². The summed E-state index contributed by atoms with van der Waals surface area (Å²) in [6.07, 6.45) is 2.86. The average Bonchev–Trinajstić information content (AvgIpc) is 2.70. The lowest BCUT2D eigenvalue weighted by molar-refractivity contribution is -0.400. The van der Waals surface area contributed by atoms with Crippen molar-refractivity contribution in [2.24, 2.45) is 0 Å². The number of methoxy groups -OCH3 is 1. The third kappa shape index (κ3) is 7.24. The Morgan fingerprint density at radius 3 is 2.40 bits per heavy atom. The average molecular weight is 413 g/mol. The van der Waals surface area contributed by atoms with Gasteiger partial charge in [-0.3, -0.25) is 14.9 Å². The van der Waals surface area contributed by atoms with E-state index in [1.165, 1.54) is 18.7 Å². The smallest absolute Gasteiger partial charge is 0.311 e. The van der Waals surface area contributed by atoms with Gasteiger partial charge in [-0.1, -0.05) is 39.0 Å². The van der Waals surface area contributed by atoms with Crippen molar-refractivity contribution in [3.63, 3.8) is 0 Å². The molecule has 0 spiro atoms. The number of benzene rings is 2. The Bertz CT molecular complexity index is 897. The minimum absolute atomic E-state index is 0.0876. The number of hydrogen-bond acceptors (Lipinski definition) is 6. The van der Waals surface area contributed by atoms with Gasteiger partial charge in [0.15, 0.2) is 11.5 Å². The van der Waals surface area contributed by atoms with E-state index in [1.54, 1.807) is 18.2 Å². The van der Waals surface area contributed by atoms with Crippen molar-refractivity contribution >= 4 is 12.0 Å². The van der Waals surface area contributed by atoms with E-state index in [-0.39, 0.29) is 17.6 Å². The molecular weight excluding hydrogens is 386 g/mol. The number of carbonyl (C=O) groups is 1. The second-order valence-electron chi connectivity index (χ2n) is 7.71. The zero-order chi connectivity index (χ0) is 22.1. The monoisotopic (exact) mass is 413 g/mol. The van der Waals surface area contributed by atoms with Crippen molar-refractivity contribution in [3.05, 3.63) is 69.9 Å². The molecule has 7 nitrogen and oxygen atoms in total. The Balaban J connectivity index is 1.82. The minimum Gasteiger partial charge on any atom is -0.494 e. The molecule has 0 N–H and O–H groups in total. The number of esters is 1. The molecule has 0 fully saturated rings. The predicted octanol–water partition coefficient (Wildman–Crippen LogP) is 5.00. The van der Waals surface area contributed by atoms with Crippen LogP contribution in [0.4, 0.5) is 0 Å². The van der Waals surface area contributed by atoms with Gasteiger partial charge < -0.3 is 14.2 Å². The first-order valence-electron chi connectivity index (χ1n) is 9.63. The van der Waals surface area contributed by atoms with Crippen LogP contribution in [0, 0.1) is 10.1 Å². The second-order valence-corrected chi connectivity index (χ2v) is 7.71. The van der Waals surface area contributed by atoms with Gasteiger partial charge in [0.2, 0.25) is 6.20 Å². The maximum atomic E-state index is 12.1. The highest BCUT2D eigenvalue weighted by Crippen LogP contribution is 2.29. The first-order valence-corrected chi connectivity index (χ1v) is 9.63. The van der Waals surface area contributed by atoms with Gasteiger partial charge >= 0.3 is 5.97 Å². The molecule has 0 aliphatic carbocycles. The number of ether oxygens (including phenoxy) is 3. The molecule has 0 saturated heterocycles. The van der Waals surface area contributed by atoms with Crippen LogP contribution in [-0.2, 0) is 10.2 Å². The van der Waals surface area contributed by atoms with Crippen LogP contribution in [-0.4, -0.2) is 24.6 Å². The Morgan fingerprint density at radius 1 is 1.10 bits per heavy atom. The quantitative estimate of drug-likeness (QED) is 0.189. The Hall–Kier alpha value is -3.35. The van der Waals surface area contributed by atoms with Gasteiger partial charge in [-0.05, 0) is 47.2 Å². The maximum Gasteiger partial charge on any atom is 0.311 e. The fourth-order valence-electron chi connectivity index (χ4n) is 2.65. The van der Waals surface area contributed by atoms with Gasteiger partial charge in [0.25, 0.3) is 0 Å². The highest BCUT2D eigenvalue weighted by Gasteiger charge is 2.13. The molecule has 0 amide bonds. The second kappa shape index (κ2) is 10.4. The van der Waals surface area contributed by atoms with Crippen molar-refractivity contribution in [1.82, 2.24) is 0 Å². The van der Waals surface area contributed by atoms with Crippen molar-refractivity contribution in [2.45, 2.75) is 39.0 Å². The van der Waals surface area contributed by atoms with Gasteiger partial charge in [-0.15, -0.1) is 0 Å². The summed E-state index contributed by atoms with van der Waals surface area (Å²) in [5.41, 5.74) is 1.88. The zero-order valence-corrected chi connectivity index (χ0v) is 17.7. The molecule has 2 aromatic rings. The van der Waals surface area contributed by atoms with E-state index in [1.807, 2.05) is 24.3 Å². The largest absolute Gasteiger partial charge is 0.494 e. The molecular formula is C23H27NO6. The van der Waals surface area contributed by atoms with Gasteiger partial charge in [-0.25, -0.2) is 0 Å². The van der Waals surface area contributed by atoms with Crippen molar-refractivity contribution in [1.29, 1.82) is 0 Å². The molecule has 0 aliphatic rings. The lowest BCUT2D eigenvalue weighted by Crippen LogP contribution is -2.11. The Kier molecular flexibility index (Phi) is 7.98. The van der Waals surface area contributed by atoms with Gasteiger partial charge in [0.1, 0.15) is 5.75 Å². The summed E-state index contributed by atoms with van der Waals surface area (Å²) in [5.74, 6) is 0.938. The summed E-state index contributed by atoms with van der Waals surface area (Å²) in [5, 5.41) is 10.4. The SMILES string of the molecule is COc1cc(/C=C/[N+](=O)[O-])ccc1OC(=O)CCCOc1ccc(C(C)(C)C)cc1. The van der Waals surface area contributed by atoms with Crippen LogP contribution in [0.2, 0.25) is 0 Å². The van der Waals surface area contributed by atoms with E-state index in [0.29, 0.717) is 24.3 Å². The third-order valence-corrected chi connectivity index (χ3v) is 4.31.